The maximum absolute atomic E-state index is 9.58. The molecule has 9 aromatic rings. The molecule has 0 atom stereocenters. The molecule has 0 radical (unpaired) electrons. The van der Waals surface area contributed by atoms with Gasteiger partial charge in [-0.05, 0) is 114 Å². The van der Waals surface area contributed by atoms with Gasteiger partial charge in [0.2, 0.25) is 0 Å². The number of rotatable bonds is 12. The van der Waals surface area contributed by atoms with Crippen LogP contribution in [0.3, 0.4) is 0 Å². The Bertz CT molecular complexity index is 3730. The average Bonchev–Trinajstić information content (AvgIpc) is 4.27. The molecule has 11 rings (SSSR count). The van der Waals surface area contributed by atoms with Crippen LogP contribution < -0.4 is 0 Å². The van der Waals surface area contributed by atoms with Crippen LogP contribution in [0.25, 0.3) is 55.7 Å². The Morgan fingerprint density at radius 1 is 0.594 bits per heavy atom. The van der Waals surface area contributed by atoms with Crippen LogP contribution in [-0.2, 0) is 84.0 Å². The van der Waals surface area contributed by atoms with Gasteiger partial charge in [0.15, 0.2) is 0 Å². The second-order valence-corrected chi connectivity index (χ2v) is 15.6. The number of hydrogen-bond acceptors (Lipinski definition) is 5. The van der Waals surface area contributed by atoms with E-state index in [2.05, 4.69) is 33.2 Å². The number of furan rings is 1. The summed E-state index contributed by atoms with van der Waals surface area (Å²) in [5.41, 5.74) is 5.08. The standard InChI is InChI=1S/C58H45N4O.Ir/c59-34-44-16-24-51-52-8-3-9-53(58(52)63-57(51)31-44)56-27-19-40(37-62-56)12-15-43-29-41(13-10-38-17-25-54(60-35-38)49-22-20-45-4-1-6-47(45)32-49)28-42(30-43)14-11-39-18-26-55(61-36-39)50-23-21-46-5-2-7-48(46)33-50;/h3,8,16-31,35-37H,1-2,4-7,10-15H2;/q-3;+3/i10D2,11D2,12D2,13D2,14D2,15D2,16D,31D;. The van der Waals surface area contributed by atoms with E-state index in [0.29, 0.717) is 38.9 Å². The Balaban J connectivity index is 0.00000688. The van der Waals surface area contributed by atoms with Crippen molar-refractivity contribution in [3.8, 4) is 39.8 Å². The number of aromatic nitrogens is 3. The van der Waals surface area contributed by atoms with Gasteiger partial charge in [-0.2, -0.15) is 5.26 Å². The molecule has 5 aromatic carbocycles. The van der Waals surface area contributed by atoms with Crippen molar-refractivity contribution in [3.05, 3.63) is 207 Å². The van der Waals surface area contributed by atoms with Gasteiger partial charge in [-0.25, -0.2) is 0 Å². The number of benzene rings is 5. The first kappa shape index (κ1) is 28.3. The maximum atomic E-state index is 9.58. The van der Waals surface area contributed by atoms with Gasteiger partial charge in [-0.3, -0.25) is 0 Å². The summed E-state index contributed by atoms with van der Waals surface area (Å²) in [4.78, 5) is 13.5. The molecule has 0 bridgehead atoms. The molecule has 4 heterocycles. The van der Waals surface area contributed by atoms with Crippen LogP contribution in [0, 0.1) is 29.5 Å². The molecule has 312 valence electrons. The van der Waals surface area contributed by atoms with Gasteiger partial charge >= 0.3 is 20.1 Å². The molecule has 6 heteroatoms. The zero-order valence-electron chi connectivity index (χ0n) is 48.2. The molecule has 2 aliphatic carbocycles. The Morgan fingerprint density at radius 2 is 1.11 bits per heavy atom. The Labute approximate surface area is 408 Å². The van der Waals surface area contributed by atoms with Gasteiger partial charge < -0.3 is 19.4 Å². The second kappa shape index (κ2) is 18.3. The number of pyridine rings is 3. The number of nitriles is 1. The zero-order chi connectivity index (χ0) is 54.6. The van der Waals surface area contributed by atoms with E-state index >= 15 is 0 Å². The van der Waals surface area contributed by atoms with Crippen molar-refractivity contribution in [2.45, 2.75) is 76.8 Å². The van der Waals surface area contributed by atoms with Crippen molar-refractivity contribution in [1.29, 1.82) is 5.26 Å². The Morgan fingerprint density at radius 3 is 1.61 bits per heavy atom. The van der Waals surface area contributed by atoms with Crippen LogP contribution >= 0.6 is 0 Å². The monoisotopic (exact) mass is 1020 g/mol. The van der Waals surface area contributed by atoms with Gasteiger partial charge in [-0.15, -0.1) is 88.0 Å². The fourth-order valence-corrected chi connectivity index (χ4v) is 8.27. The summed E-state index contributed by atoms with van der Waals surface area (Å²) in [6.45, 7) is 0. The minimum Gasteiger partial charge on any atom is -0.501 e. The molecule has 64 heavy (non-hydrogen) atoms. The molecule has 0 N–H and O–H groups in total. The van der Waals surface area contributed by atoms with Crippen molar-refractivity contribution < 1.29 is 43.7 Å². The van der Waals surface area contributed by atoms with E-state index in [-0.39, 0.29) is 71.3 Å². The molecule has 2 aliphatic rings. The van der Waals surface area contributed by atoms with Gasteiger partial charge in [0.1, 0.15) is 5.58 Å². The Hall–Kier alpha value is -6.51. The van der Waals surface area contributed by atoms with Crippen LogP contribution in [0.15, 0.2) is 132 Å². The fraction of sp³-hybridized carbons (Fsp3) is 0.207. The smallest absolute Gasteiger partial charge is 0.501 e. The maximum Gasteiger partial charge on any atom is 3.00 e. The van der Waals surface area contributed by atoms with Crippen LogP contribution in [0.5, 0.6) is 0 Å². The fourth-order valence-electron chi connectivity index (χ4n) is 8.27. The zero-order valence-corrected chi connectivity index (χ0v) is 36.6. The molecule has 0 amide bonds. The average molecular weight is 1020 g/mol. The minimum atomic E-state index is -3.17. The van der Waals surface area contributed by atoms with Crippen molar-refractivity contribution in [3.63, 3.8) is 0 Å². The van der Waals surface area contributed by atoms with Gasteiger partial charge in [0, 0.05) is 40.4 Å². The Kier molecular flexibility index (Phi) is 8.10. The van der Waals surface area contributed by atoms with E-state index in [4.69, 9.17) is 7.16 Å². The van der Waals surface area contributed by atoms with Gasteiger partial charge in [0.25, 0.3) is 0 Å². The van der Waals surface area contributed by atoms with Crippen LogP contribution in [0.4, 0.5) is 0 Å². The molecule has 0 fully saturated rings. The minimum absolute atomic E-state index is 0. The van der Waals surface area contributed by atoms with Crippen molar-refractivity contribution in [2.24, 2.45) is 0 Å². The summed E-state index contributed by atoms with van der Waals surface area (Å²) < 4.78 is 136. The van der Waals surface area contributed by atoms with E-state index in [0.717, 1.165) is 74.0 Å². The number of aryl methyl sites for hydroxylation is 10. The summed E-state index contributed by atoms with van der Waals surface area (Å²) >= 11 is 0. The first-order valence-corrected chi connectivity index (χ1v) is 20.9. The first-order chi connectivity index (χ1) is 36.4. The van der Waals surface area contributed by atoms with E-state index in [1.54, 1.807) is 24.3 Å². The third-order valence-electron chi connectivity index (χ3n) is 11.5. The van der Waals surface area contributed by atoms with Crippen LogP contribution in [0.2, 0.25) is 0 Å². The second-order valence-electron chi connectivity index (χ2n) is 15.6. The quantitative estimate of drug-likeness (QED) is 0.114. The molecule has 0 unspecified atom stereocenters. The predicted octanol–water partition coefficient (Wildman–Crippen LogP) is 12.4. The topological polar surface area (TPSA) is 75.6 Å². The summed E-state index contributed by atoms with van der Waals surface area (Å²) in [6.07, 6.45) is -9.08. The summed E-state index contributed by atoms with van der Waals surface area (Å²) in [6, 6.07) is 35.2. The molecule has 0 saturated carbocycles. The van der Waals surface area contributed by atoms with Crippen LogP contribution in [-0.4, -0.2) is 15.0 Å². The summed E-state index contributed by atoms with van der Waals surface area (Å²) in [7, 11) is 0. The molecule has 5 nitrogen and oxygen atoms in total. The number of fused-ring (bicyclic) bond motifs is 5. The number of nitrogens with zero attached hydrogens (tertiary/aromatic N) is 4. The molecule has 4 aromatic heterocycles. The molecule has 0 aliphatic heterocycles. The predicted molar refractivity (Wildman–Crippen MR) is 250 cm³/mol. The van der Waals surface area contributed by atoms with E-state index in [9.17, 15) is 21.7 Å². The molecular weight excluding hydrogens is 961 g/mol. The third kappa shape index (κ3) is 8.72. The van der Waals surface area contributed by atoms with Gasteiger partial charge in [-0.1, -0.05) is 97.3 Å². The van der Waals surface area contributed by atoms with Crippen molar-refractivity contribution >= 4 is 21.9 Å². The SMILES string of the molecule is [2H]c1cc2c(oc3c(-c4ccc(C([2H])([2H])C([2H])([2H])c5cc(C([2H])([2H])C([2H])([2H])c6ccc(-c7[c-]c8c(cc7)CCC8)nc6)cc(C([2H])([2H])C([2H])([2H])c6ccc(-c7[c-]c8c(cc7)CCC8)nc6)c5)cn4)[c-]ccc32)c([2H])c1C#N.[Ir+3]. The molecule has 0 saturated heterocycles. The van der Waals surface area contributed by atoms with Gasteiger partial charge in [0.05, 0.1) is 20.0 Å². The van der Waals surface area contributed by atoms with Crippen LogP contribution in [0.1, 0.15) is 93.2 Å². The largest absolute Gasteiger partial charge is 3.00 e. The van der Waals surface area contributed by atoms with Crippen molar-refractivity contribution in [2.75, 3.05) is 0 Å². The van der Waals surface area contributed by atoms with E-state index in [1.165, 1.54) is 53.9 Å². The van der Waals surface area contributed by atoms with E-state index in [1.807, 2.05) is 30.3 Å². The first-order valence-electron chi connectivity index (χ1n) is 27.9. The molecular formula is C58H45IrN4O. The number of hydrogen-bond donors (Lipinski definition) is 0. The normalized spacial score (nSPS) is 17.4. The third-order valence-corrected chi connectivity index (χ3v) is 11.5. The van der Waals surface area contributed by atoms with Crippen molar-refractivity contribution in [1.82, 2.24) is 15.0 Å². The van der Waals surface area contributed by atoms with E-state index < -0.39 is 54.9 Å². The summed E-state index contributed by atoms with van der Waals surface area (Å²) in [5.74, 6) is 0. The molecule has 0 spiro atoms. The summed E-state index contributed by atoms with van der Waals surface area (Å²) in [5, 5.41) is 10.5.